The van der Waals surface area contributed by atoms with Crippen LogP contribution in [0.15, 0.2) is 60.7 Å². The number of benzene rings is 3. The van der Waals surface area contributed by atoms with Crippen molar-refractivity contribution in [1.29, 1.82) is 0 Å². The molecule has 1 fully saturated rings. The Morgan fingerprint density at radius 2 is 1.87 bits per heavy atom. The third-order valence-corrected chi connectivity index (χ3v) is 5.45. The van der Waals surface area contributed by atoms with E-state index in [1.807, 2.05) is 36.4 Å². The maximum atomic E-state index is 13.0. The lowest BCUT2D eigenvalue weighted by Crippen LogP contribution is -2.37. The average molecular weight is 414 g/mol. The summed E-state index contributed by atoms with van der Waals surface area (Å²) in [5.41, 5.74) is 0.0658. The lowest BCUT2D eigenvalue weighted by atomic mass is 9.88. The largest absolute Gasteiger partial charge is 0.493 e. The van der Waals surface area contributed by atoms with E-state index in [2.05, 4.69) is 5.32 Å². The van der Waals surface area contributed by atoms with Crippen LogP contribution in [0.5, 0.6) is 5.75 Å². The van der Waals surface area contributed by atoms with Crippen LogP contribution in [0.2, 0.25) is 0 Å². The number of ether oxygens (including phenoxy) is 1. The van der Waals surface area contributed by atoms with Crippen LogP contribution in [-0.2, 0) is 11.0 Å². The summed E-state index contributed by atoms with van der Waals surface area (Å²) in [6, 6.07) is 15.1. The number of hydrogen-bond acceptors (Lipinski definition) is 3. The van der Waals surface area contributed by atoms with Gasteiger partial charge in [-0.25, -0.2) is 4.79 Å². The fraction of sp³-hybridized carbons (Fsp3) is 0.227. The highest BCUT2D eigenvalue weighted by Crippen LogP contribution is 2.46. The third-order valence-electron chi connectivity index (χ3n) is 5.45. The summed E-state index contributed by atoms with van der Waals surface area (Å²) in [5, 5.41) is 5.71. The quantitative estimate of drug-likeness (QED) is 0.581. The summed E-state index contributed by atoms with van der Waals surface area (Å²) in [7, 11) is 0. The fourth-order valence-corrected chi connectivity index (χ4v) is 4.07. The Bertz CT molecular complexity index is 1130. The molecule has 2 atom stereocenters. The van der Waals surface area contributed by atoms with E-state index in [0.29, 0.717) is 12.4 Å². The lowest BCUT2D eigenvalue weighted by molar-refractivity contribution is -0.137. The van der Waals surface area contributed by atoms with Gasteiger partial charge in [-0.3, -0.25) is 4.84 Å². The minimum atomic E-state index is -4.49. The molecule has 0 unspecified atom stereocenters. The van der Waals surface area contributed by atoms with Gasteiger partial charge in [-0.1, -0.05) is 36.4 Å². The predicted molar refractivity (Wildman–Crippen MR) is 104 cm³/mol. The average Bonchev–Trinajstić information content (AvgIpc) is 3.17. The van der Waals surface area contributed by atoms with Crippen LogP contribution in [0.25, 0.3) is 10.8 Å². The maximum absolute atomic E-state index is 13.0. The van der Waals surface area contributed by atoms with Crippen molar-refractivity contribution in [3.05, 3.63) is 71.8 Å². The zero-order valence-corrected chi connectivity index (χ0v) is 15.6. The van der Waals surface area contributed by atoms with Crippen molar-refractivity contribution < 1.29 is 27.5 Å². The molecule has 2 heterocycles. The van der Waals surface area contributed by atoms with Crippen molar-refractivity contribution in [2.24, 2.45) is 5.92 Å². The number of anilines is 1. The molecule has 30 heavy (non-hydrogen) atoms. The molecule has 8 heteroatoms. The second-order valence-electron chi connectivity index (χ2n) is 7.34. The minimum Gasteiger partial charge on any atom is -0.493 e. The smallest absolute Gasteiger partial charge is 0.416 e. The molecular formula is C22H17F3N2O3. The van der Waals surface area contributed by atoms with Gasteiger partial charge in [0.15, 0.2) is 0 Å². The summed E-state index contributed by atoms with van der Waals surface area (Å²) >= 11 is 0. The predicted octanol–water partition coefficient (Wildman–Crippen LogP) is 5.39. The number of hydroxylamine groups is 2. The van der Waals surface area contributed by atoms with Gasteiger partial charge in [-0.05, 0) is 35.0 Å². The molecule has 1 saturated heterocycles. The first-order valence-electron chi connectivity index (χ1n) is 9.46. The van der Waals surface area contributed by atoms with Crippen molar-refractivity contribution in [2.75, 3.05) is 18.5 Å². The van der Waals surface area contributed by atoms with Gasteiger partial charge < -0.3 is 10.1 Å². The third kappa shape index (κ3) is 3.13. The molecule has 154 valence electrons. The number of hydrogen-bond donors (Lipinski definition) is 1. The molecular weight excluding hydrogens is 397 g/mol. The van der Waals surface area contributed by atoms with E-state index >= 15 is 0 Å². The van der Waals surface area contributed by atoms with Gasteiger partial charge in [0, 0.05) is 17.2 Å². The number of rotatable bonds is 1. The van der Waals surface area contributed by atoms with E-state index in [4.69, 9.17) is 9.57 Å². The Hall–Kier alpha value is -3.26. The first-order chi connectivity index (χ1) is 14.4. The number of fused-ring (bicyclic) bond motifs is 5. The SMILES string of the molecule is O=C(Nc1cccc(C(F)(F)F)c1)N1OC[C@@H]2COc3ccc4ccccc4c3[C@@H]21. The van der Waals surface area contributed by atoms with Crippen molar-refractivity contribution in [1.82, 2.24) is 5.06 Å². The second-order valence-corrected chi connectivity index (χ2v) is 7.34. The summed E-state index contributed by atoms with van der Waals surface area (Å²) in [4.78, 5) is 18.6. The molecule has 2 aliphatic rings. The van der Waals surface area contributed by atoms with E-state index < -0.39 is 23.8 Å². The van der Waals surface area contributed by atoms with Crippen LogP contribution in [0.4, 0.5) is 23.7 Å². The van der Waals surface area contributed by atoms with Gasteiger partial charge in [0.1, 0.15) is 5.75 Å². The maximum Gasteiger partial charge on any atom is 0.416 e. The number of nitrogens with one attached hydrogen (secondary N) is 1. The number of carbonyl (C=O) groups excluding carboxylic acids is 1. The van der Waals surface area contributed by atoms with Crippen LogP contribution in [0.3, 0.4) is 0 Å². The monoisotopic (exact) mass is 414 g/mol. The van der Waals surface area contributed by atoms with Crippen LogP contribution in [0, 0.1) is 5.92 Å². The fourth-order valence-electron chi connectivity index (χ4n) is 4.07. The Balaban J connectivity index is 1.48. The lowest BCUT2D eigenvalue weighted by Gasteiger charge is -2.32. The van der Waals surface area contributed by atoms with Crippen LogP contribution < -0.4 is 10.1 Å². The second kappa shape index (κ2) is 6.91. The standard InChI is InChI=1S/C22H17F3N2O3/c23-22(24,25)15-5-3-6-16(10-15)26-21(28)27-20-14(12-30-27)11-29-18-9-8-13-4-1-2-7-17(13)19(18)20/h1-10,14,20H,11-12H2,(H,26,28)/t14-,20+/m0/s1. The molecule has 3 aromatic rings. The molecule has 5 nitrogen and oxygen atoms in total. The number of halogens is 3. The molecule has 0 aliphatic carbocycles. The zero-order valence-electron chi connectivity index (χ0n) is 15.6. The first-order valence-corrected chi connectivity index (χ1v) is 9.46. The Morgan fingerprint density at radius 1 is 1.03 bits per heavy atom. The summed E-state index contributed by atoms with van der Waals surface area (Å²) in [6.07, 6.45) is -4.49. The Labute approximate surface area is 169 Å². The highest BCUT2D eigenvalue weighted by Gasteiger charge is 2.45. The van der Waals surface area contributed by atoms with Gasteiger partial charge >= 0.3 is 12.2 Å². The molecule has 0 spiro atoms. The molecule has 0 bridgehead atoms. The van der Waals surface area contributed by atoms with Crippen molar-refractivity contribution >= 4 is 22.5 Å². The Morgan fingerprint density at radius 3 is 2.70 bits per heavy atom. The number of alkyl halides is 3. The first kappa shape index (κ1) is 18.7. The molecule has 0 radical (unpaired) electrons. The number of amides is 2. The van der Waals surface area contributed by atoms with Gasteiger partial charge in [0.2, 0.25) is 0 Å². The van der Waals surface area contributed by atoms with Crippen LogP contribution >= 0.6 is 0 Å². The molecule has 1 N–H and O–H groups in total. The van der Waals surface area contributed by atoms with Crippen molar-refractivity contribution in [3.8, 4) is 5.75 Å². The number of urea groups is 1. The zero-order chi connectivity index (χ0) is 20.9. The van der Waals surface area contributed by atoms with E-state index in [1.54, 1.807) is 0 Å². The molecule has 2 amide bonds. The van der Waals surface area contributed by atoms with Gasteiger partial charge in [-0.15, -0.1) is 0 Å². The molecule has 5 rings (SSSR count). The highest BCUT2D eigenvalue weighted by atomic mass is 19.4. The summed E-state index contributed by atoms with van der Waals surface area (Å²) in [6.45, 7) is 0.673. The molecule has 3 aromatic carbocycles. The van der Waals surface area contributed by atoms with Crippen molar-refractivity contribution in [2.45, 2.75) is 12.2 Å². The topological polar surface area (TPSA) is 50.8 Å². The molecule has 0 aromatic heterocycles. The summed E-state index contributed by atoms with van der Waals surface area (Å²) in [5.74, 6) is 0.605. The van der Waals surface area contributed by atoms with E-state index in [0.717, 1.165) is 28.5 Å². The Kier molecular flexibility index (Phi) is 4.32. The van der Waals surface area contributed by atoms with Crippen LogP contribution in [0.1, 0.15) is 17.2 Å². The van der Waals surface area contributed by atoms with E-state index in [9.17, 15) is 18.0 Å². The van der Waals surface area contributed by atoms with E-state index in [1.165, 1.54) is 17.2 Å². The molecule has 0 saturated carbocycles. The van der Waals surface area contributed by atoms with Gasteiger partial charge in [-0.2, -0.15) is 18.2 Å². The minimum absolute atomic E-state index is 0.0482. The molecule has 2 aliphatic heterocycles. The van der Waals surface area contributed by atoms with E-state index in [-0.39, 0.29) is 18.2 Å². The summed E-state index contributed by atoms with van der Waals surface area (Å²) < 4.78 is 44.8. The number of carbonyl (C=O) groups is 1. The van der Waals surface area contributed by atoms with Gasteiger partial charge in [0.05, 0.1) is 24.8 Å². The number of nitrogens with zero attached hydrogens (tertiary/aromatic N) is 1. The highest BCUT2D eigenvalue weighted by molar-refractivity contribution is 5.92. The van der Waals surface area contributed by atoms with Crippen molar-refractivity contribution in [3.63, 3.8) is 0 Å². The van der Waals surface area contributed by atoms with Crippen LogP contribution in [-0.4, -0.2) is 24.3 Å². The normalized spacial score (nSPS) is 20.4. The van der Waals surface area contributed by atoms with Gasteiger partial charge in [0.25, 0.3) is 0 Å².